The largest absolute Gasteiger partial charge is 0.318 e. The fourth-order valence-corrected chi connectivity index (χ4v) is 2.70. The molecule has 1 aromatic rings. The molecule has 2 N–H and O–H groups in total. The van der Waals surface area contributed by atoms with Crippen LogP contribution in [0.2, 0.25) is 0 Å². The van der Waals surface area contributed by atoms with Gasteiger partial charge in [0, 0.05) is 30.8 Å². The first-order valence-corrected chi connectivity index (χ1v) is 8.69. The zero-order valence-electron chi connectivity index (χ0n) is 15.2. The topological polar surface area (TPSA) is 54.2 Å². The second-order valence-electron chi connectivity index (χ2n) is 5.95. The minimum absolute atomic E-state index is 0.157. The van der Waals surface area contributed by atoms with Gasteiger partial charge in [0.2, 0.25) is 0 Å². The highest BCUT2D eigenvalue weighted by Crippen LogP contribution is 2.29. The SMILES string of the molecule is C\C=C/C=C\C(C)=C\C1=Nc2c(CC)cnn2C(NCCNC)C1. The van der Waals surface area contributed by atoms with Crippen LogP contribution in [0.4, 0.5) is 5.82 Å². The van der Waals surface area contributed by atoms with E-state index in [2.05, 4.69) is 47.8 Å². The molecule has 24 heavy (non-hydrogen) atoms. The van der Waals surface area contributed by atoms with Crippen LogP contribution in [-0.2, 0) is 6.42 Å². The van der Waals surface area contributed by atoms with Gasteiger partial charge in [-0.05, 0) is 39.0 Å². The van der Waals surface area contributed by atoms with E-state index < -0.39 is 0 Å². The second kappa shape index (κ2) is 9.35. The van der Waals surface area contributed by atoms with Crippen molar-refractivity contribution in [2.75, 3.05) is 20.1 Å². The Balaban J connectivity index is 2.24. The number of aliphatic imine (C=N–C) groups is 1. The summed E-state index contributed by atoms with van der Waals surface area (Å²) in [6.07, 6.45) is 14.3. The van der Waals surface area contributed by atoms with Gasteiger partial charge in [0.15, 0.2) is 5.82 Å². The van der Waals surface area contributed by atoms with Crippen molar-refractivity contribution in [3.8, 4) is 0 Å². The van der Waals surface area contributed by atoms with Crippen LogP contribution in [0.25, 0.3) is 0 Å². The Morgan fingerprint density at radius 1 is 1.38 bits per heavy atom. The van der Waals surface area contributed by atoms with Crippen LogP contribution in [-0.4, -0.2) is 35.6 Å². The first kappa shape index (κ1) is 18.4. The predicted octanol–water partition coefficient (Wildman–Crippen LogP) is 3.31. The number of nitrogens with one attached hydrogen (secondary N) is 2. The third-order valence-electron chi connectivity index (χ3n) is 3.98. The molecule has 0 saturated carbocycles. The van der Waals surface area contributed by atoms with Crippen LogP contribution >= 0.6 is 0 Å². The Bertz CT molecular complexity index is 649. The van der Waals surface area contributed by atoms with E-state index in [1.54, 1.807) is 0 Å². The molecule has 0 aromatic carbocycles. The Morgan fingerprint density at radius 3 is 2.92 bits per heavy atom. The quantitative estimate of drug-likeness (QED) is 0.569. The van der Waals surface area contributed by atoms with Gasteiger partial charge in [-0.3, -0.25) is 5.32 Å². The Morgan fingerprint density at radius 2 is 2.21 bits per heavy atom. The van der Waals surface area contributed by atoms with Gasteiger partial charge in [0.05, 0.1) is 6.20 Å². The van der Waals surface area contributed by atoms with Crippen LogP contribution in [0.3, 0.4) is 0 Å². The van der Waals surface area contributed by atoms with E-state index in [1.807, 2.05) is 37.0 Å². The third kappa shape index (κ3) is 4.76. The lowest BCUT2D eigenvalue weighted by atomic mass is 10.1. The van der Waals surface area contributed by atoms with Gasteiger partial charge in [0.1, 0.15) is 6.17 Å². The molecule has 130 valence electrons. The van der Waals surface area contributed by atoms with Crippen molar-refractivity contribution in [1.82, 2.24) is 20.4 Å². The second-order valence-corrected chi connectivity index (χ2v) is 5.95. The highest BCUT2D eigenvalue weighted by molar-refractivity contribution is 5.98. The molecule has 5 heteroatoms. The minimum atomic E-state index is 0.157. The summed E-state index contributed by atoms with van der Waals surface area (Å²) < 4.78 is 2.02. The normalized spacial score (nSPS) is 18.4. The van der Waals surface area contributed by atoms with Crippen molar-refractivity contribution in [2.45, 2.75) is 39.8 Å². The van der Waals surface area contributed by atoms with E-state index >= 15 is 0 Å². The van der Waals surface area contributed by atoms with Gasteiger partial charge in [-0.25, -0.2) is 9.67 Å². The number of allylic oxidation sites excluding steroid dienone is 6. The van der Waals surface area contributed by atoms with Gasteiger partial charge in [0.25, 0.3) is 0 Å². The standard InChI is InChI=1S/C19H29N5/c1-5-7-8-9-15(3)12-17-13-18(21-11-10-20-4)24-19(23-17)16(6-2)14-22-24/h5,7-9,12,14,18,20-21H,6,10-11,13H2,1-4H3/b7-5-,9-8-,15-12+. The number of hydrogen-bond donors (Lipinski definition) is 2. The first-order valence-electron chi connectivity index (χ1n) is 8.69. The predicted molar refractivity (Wildman–Crippen MR) is 102 cm³/mol. The van der Waals surface area contributed by atoms with Crippen molar-refractivity contribution < 1.29 is 0 Å². The molecule has 0 aliphatic carbocycles. The molecule has 1 aliphatic rings. The van der Waals surface area contributed by atoms with E-state index in [9.17, 15) is 0 Å². The van der Waals surface area contributed by atoms with E-state index in [-0.39, 0.29) is 6.17 Å². The molecule has 0 radical (unpaired) electrons. The van der Waals surface area contributed by atoms with E-state index in [0.717, 1.165) is 37.5 Å². The molecule has 1 unspecified atom stereocenters. The summed E-state index contributed by atoms with van der Waals surface area (Å²) in [5, 5.41) is 11.3. The summed E-state index contributed by atoms with van der Waals surface area (Å²) in [5.74, 6) is 0.988. The molecular formula is C19H29N5. The van der Waals surface area contributed by atoms with Crippen LogP contribution in [0.5, 0.6) is 0 Å². The monoisotopic (exact) mass is 327 g/mol. The van der Waals surface area contributed by atoms with Gasteiger partial charge >= 0.3 is 0 Å². The summed E-state index contributed by atoms with van der Waals surface area (Å²) in [6, 6.07) is 0. The van der Waals surface area contributed by atoms with Gasteiger partial charge < -0.3 is 5.32 Å². The third-order valence-corrected chi connectivity index (χ3v) is 3.98. The maximum atomic E-state index is 4.86. The Hall–Kier alpha value is -1.98. The molecule has 2 rings (SSSR count). The number of aryl methyl sites for hydroxylation is 1. The molecule has 1 aromatic heterocycles. The van der Waals surface area contributed by atoms with Crippen LogP contribution in [0.15, 0.2) is 47.1 Å². The number of nitrogens with zero attached hydrogens (tertiary/aromatic N) is 3. The Kier molecular flexibility index (Phi) is 7.15. The number of aromatic nitrogens is 2. The van der Waals surface area contributed by atoms with Crippen molar-refractivity contribution in [1.29, 1.82) is 0 Å². The number of rotatable bonds is 8. The van der Waals surface area contributed by atoms with Crippen molar-refractivity contribution >= 4 is 11.5 Å². The maximum absolute atomic E-state index is 4.86. The summed E-state index contributed by atoms with van der Waals surface area (Å²) in [6.45, 7) is 8.11. The maximum Gasteiger partial charge on any atom is 0.155 e. The van der Waals surface area contributed by atoms with Gasteiger partial charge in [-0.1, -0.05) is 31.2 Å². The number of fused-ring (bicyclic) bond motifs is 1. The highest BCUT2D eigenvalue weighted by atomic mass is 15.4. The molecule has 2 heterocycles. The number of hydrogen-bond acceptors (Lipinski definition) is 4. The summed E-state index contributed by atoms with van der Waals surface area (Å²) in [4.78, 5) is 4.86. The smallest absolute Gasteiger partial charge is 0.155 e. The van der Waals surface area contributed by atoms with Crippen LogP contribution < -0.4 is 10.6 Å². The summed E-state index contributed by atoms with van der Waals surface area (Å²) in [5.41, 5.74) is 3.50. The van der Waals surface area contributed by atoms with E-state index in [0.29, 0.717) is 0 Å². The molecule has 5 nitrogen and oxygen atoms in total. The molecule has 0 fully saturated rings. The number of likely N-dealkylation sites (N-methyl/N-ethyl adjacent to an activating group) is 1. The lowest BCUT2D eigenvalue weighted by Crippen LogP contribution is -2.35. The first-order chi connectivity index (χ1) is 11.7. The Labute approximate surface area is 145 Å². The van der Waals surface area contributed by atoms with Crippen molar-refractivity contribution in [3.05, 3.63) is 47.7 Å². The fraction of sp³-hybridized carbons (Fsp3) is 0.474. The van der Waals surface area contributed by atoms with E-state index in [1.165, 1.54) is 11.1 Å². The molecule has 0 saturated heterocycles. The van der Waals surface area contributed by atoms with Gasteiger partial charge in [-0.2, -0.15) is 5.10 Å². The summed E-state index contributed by atoms with van der Waals surface area (Å²) >= 11 is 0. The molecule has 0 amide bonds. The van der Waals surface area contributed by atoms with Crippen LogP contribution in [0, 0.1) is 0 Å². The lowest BCUT2D eigenvalue weighted by Gasteiger charge is -2.25. The van der Waals surface area contributed by atoms with Crippen molar-refractivity contribution in [2.24, 2.45) is 4.99 Å². The van der Waals surface area contributed by atoms with Crippen molar-refractivity contribution in [3.63, 3.8) is 0 Å². The zero-order chi connectivity index (χ0) is 17.4. The highest BCUT2D eigenvalue weighted by Gasteiger charge is 2.23. The molecule has 1 atom stereocenters. The van der Waals surface area contributed by atoms with Crippen LogP contribution in [0.1, 0.15) is 38.9 Å². The molecule has 1 aliphatic heterocycles. The fourth-order valence-electron chi connectivity index (χ4n) is 2.70. The molecule has 0 spiro atoms. The zero-order valence-corrected chi connectivity index (χ0v) is 15.2. The minimum Gasteiger partial charge on any atom is -0.318 e. The van der Waals surface area contributed by atoms with E-state index in [4.69, 9.17) is 4.99 Å². The van der Waals surface area contributed by atoms with Gasteiger partial charge in [-0.15, -0.1) is 0 Å². The molecule has 0 bridgehead atoms. The average Bonchev–Trinajstić information content (AvgIpc) is 2.98. The summed E-state index contributed by atoms with van der Waals surface area (Å²) in [7, 11) is 1.97. The average molecular weight is 327 g/mol. The molecular weight excluding hydrogens is 298 g/mol. The lowest BCUT2D eigenvalue weighted by molar-refractivity contribution is 0.379.